The largest absolute Gasteiger partial charge is 0.401 e. The Morgan fingerprint density at radius 2 is 1.88 bits per heavy atom. The summed E-state index contributed by atoms with van der Waals surface area (Å²) in [5, 5.41) is 10.2. The molecular formula is C11H21F3N2O. The van der Waals surface area contributed by atoms with E-state index in [4.69, 9.17) is 5.73 Å². The Morgan fingerprint density at radius 1 is 1.29 bits per heavy atom. The van der Waals surface area contributed by atoms with Gasteiger partial charge in [0.1, 0.15) is 0 Å². The van der Waals surface area contributed by atoms with Crippen LogP contribution in [0.15, 0.2) is 0 Å². The second-order valence-electron chi connectivity index (χ2n) is 4.91. The normalized spacial score (nSPS) is 20.6. The predicted molar refractivity (Wildman–Crippen MR) is 59.5 cm³/mol. The van der Waals surface area contributed by atoms with Crippen LogP contribution < -0.4 is 5.73 Å². The first-order valence-electron chi connectivity index (χ1n) is 6.02. The number of hydrogen-bond donors (Lipinski definition) is 2. The average molecular weight is 254 g/mol. The summed E-state index contributed by atoms with van der Waals surface area (Å²) in [6, 6.07) is 0. The highest BCUT2D eigenvalue weighted by Gasteiger charge is 2.44. The van der Waals surface area contributed by atoms with Crippen LogP contribution >= 0.6 is 0 Å². The molecule has 3 nitrogen and oxygen atoms in total. The number of aliphatic hydroxyl groups is 1. The van der Waals surface area contributed by atoms with Crippen molar-refractivity contribution in [3.05, 3.63) is 0 Å². The zero-order chi connectivity index (χ0) is 13.1. The molecule has 1 aliphatic rings. The van der Waals surface area contributed by atoms with Gasteiger partial charge in [0, 0.05) is 13.1 Å². The van der Waals surface area contributed by atoms with E-state index in [0.717, 1.165) is 12.8 Å². The molecule has 0 radical (unpaired) electrons. The Labute approximate surface area is 99.8 Å². The van der Waals surface area contributed by atoms with Crippen LogP contribution in [0.2, 0.25) is 0 Å². The van der Waals surface area contributed by atoms with Crippen LogP contribution in [0.25, 0.3) is 0 Å². The topological polar surface area (TPSA) is 49.5 Å². The quantitative estimate of drug-likeness (QED) is 0.721. The van der Waals surface area contributed by atoms with Gasteiger partial charge >= 0.3 is 6.18 Å². The second-order valence-corrected chi connectivity index (χ2v) is 4.91. The molecule has 0 aromatic rings. The van der Waals surface area contributed by atoms with Crippen molar-refractivity contribution in [3.8, 4) is 0 Å². The van der Waals surface area contributed by atoms with Gasteiger partial charge in [-0.05, 0) is 31.7 Å². The number of nitrogens with zero attached hydrogens (tertiary/aromatic N) is 1. The van der Waals surface area contributed by atoms with E-state index in [1.54, 1.807) is 0 Å². The molecule has 0 aliphatic heterocycles. The van der Waals surface area contributed by atoms with E-state index in [2.05, 4.69) is 0 Å². The van der Waals surface area contributed by atoms with Crippen LogP contribution in [0.1, 0.15) is 26.2 Å². The van der Waals surface area contributed by atoms with E-state index in [0.29, 0.717) is 13.0 Å². The Hall–Kier alpha value is -0.330. The van der Waals surface area contributed by atoms with Gasteiger partial charge in [-0.15, -0.1) is 0 Å². The molecule has 6 heteroatoms. The van der Waals surface area contributed by atoms with Gasteiger partial charge in [0.2, 0.25) is 0 Å². The summed E-state index contributed by atoms with van der Waals surface area (Å²) in [6.07, 6.45) is -1.88. The summed E-state index contributed by atoms with van der Waals surface area (Å²) >= 11 is 0. The molecule has 3 N–H and O–H groups in total. The molecule has 1 aliphatic carbocycles. The van der Waals surface area contributed by atoms with Crippen molar-refractivity contribution >= 4 is 0 Å². The Balaban J connectivity index is 2.58. The van der Waals surface area contributed by atoms with Crippen molar-refractivity contribution in [1.82, 2.24) is 4.90 Å². The van der Waals surface area contributed by atoms with E-state index in [-0.39, 0.29) is 19.0 Å². The van der Waals surface area contributed by atoms with Crippen molar-refractivity contribution in [2.24, 2.45) is 11.7 Å². The Kier molecular flexibility index (Phi) is 4.80. The minimum atomic E-state index is -4.23. The number of alkyl halides is 3. The highest BCUT2D eigenvalue weighted by Crippen LogP contribution is 2.39. The van der Waals surface area contributed by atoms with Crippen molar-refractivity contribution in [2.45, 2.75) is 38.0 Å². The lowest BCUT2D eigenvalue weighted by atomic mass is 9.97. The molecule has 0 amide bonds. The van der Waals surface area contributed by atoms with E-state index in [9.17, 15) is 18.3 Å². The zero-order valence-electron chi connectivity index (χ0n) is 10.1. The third-order valence-corrected chi connectivity index (χ3v) is 3.13. The third-order valence-electron chi connectivity index (χ3n) is 3.13. The lowest BCUT2D eigenvalue weighted by molar-refractivity contribution is -0.153. The molecule has 0 saturated heterocycles. The SMILES string of the molecule is CCCN(CC(F)(F)F)CC(O)(CN)C1CC1. The molecule has 17 heavy (non-hydrogen) atoms. The van der Waals surface area contributed by atoms with Crippen molar-refractivity contribution < 1.29 is 18.3 Å². The fourth-order valence-electron chi connectivity index (χ4n) is 2.15. The molecule has 1 fully saturated rings. The van der Waals surface area contributed by atoms with E-state index < -0.39 is 18.3 Å². The van der Waals surface area contributed by atoms with Crippen molar-refractivity contribution in [3.63, 3.8) is 0 Å². The van der Waals surface area contributed by atoms with Crippen molar-refractivity contribution in [1.29, 1.82) is 0 Å². The molecule has 1 saturated carbocycles. The lowest BCUT2D eigenvalue weighted by Gasteiger charge is -2.34. The highest BCUT2D eigenvalue weighted by atomic mass is 19.4. The molecule has 0 spiro atoms. The van der Waals surface area contributed by atoms with E-state index in [1.165, 1.54) is 4.90 Å². The smallest absolute Gasteiger partial charge is 0.387 e. The molecule has 0 aromatic heterocycles. The van der Waals surface area contributed by atoms with Gasteiger partial charge in [-0.2, -0.15) is 13.2 Å². The fraction of sp³-hybridized carbons (Fsp3) is 1.00. The molecule has 1 unspecified atom stereocenters. The Morgan fingerprint density at radius 3 is 2.24 bits per heavy atom. The van der Waals surface area contributed by atoms with Crippen LogP contribution in [0.4, 0.5) is 13.2 Å². The second kappa shape index (κ2) is 5.54. The van der Waals surface area contributed by atoms with Gasteiger partial charge in [-0.25, -0.2) is 0 Å². The minimum Gasteiger partial charge on any atom is -0.387 e. The van der Waals surface area contributed by atoms with Crippen LogP contribution in [-0.2, 0) is 0 Å². The average Bonchev–Trinajstić information content (AvgIpc) is 2.98. The highest BCUT2D eigenvalue weighted by molar-refractivity contribution is 4.97. The standard InChI is InChI=1S/C11H21F3N2O/c1-2-5-16(8-11(12,13)14)7-10(17,6-15)9-3-4-9/h9,17H,2-8,15H2,1H3. The monoisotopic (exact) mass is 254 g/mol. The summed E-state index contributed by atoms with van der Waals surface area (Å²) < 4.78 is 37.1. The first-order chi connectivity index (χ1) is 7.80. The first kappa shape index (κ1) is 14.7. The maximum atomic E-state index is 12.4. The number of nitrogens with two attached hydrogens (primary N) is 1. The Bertz CT molecular complexity index is 243. The van der Waals surface area contributed by atoms with Crippen LogP contribution in [0, 0.1) is 5.92 Å². The zero-order valence-corrected chi connectivity index (χ0v) is 10.1. The molecule has 102 valence electrons. The molecule has 0 bridgehead atoms. The summed E-state index contributed by atoms with van der Waals surface area (Å²) in [4.78, 5) is 1.26. The van der Waals surface area contributed by atoms with Crippen LogP contribution in [-0.4, -0.2) is 48.0 Å². The number of hydrogen-bond acceptors (Lipinski definition) is 3. The van der Waals surface area contributed by atoms with Crippen molar-refractivity contribution in [2.75, 3.05) is 26.2 Å². The maximum absolute atomic E-state index is 12.4. The summed E-state index contributed by atoms with van der Waals surface area (Å²) in [7, 11) is 0. The van der Waals surface area contributed by atoms with E-state index >= 15 is 0 Å². The third kappa shape index (κ3) is 4.81. The molecule has 1 atom stereocenters. The summed E-state index contributed by atoms with van der Waals surface area (Å²) in [6.45, 7) is 1.21. The van der Waals surface area contributed by atoms with Gasteiger partial charge in [0.15, 0.2) is 0 Å². The van der Waals surface area contributed by atoms with Gasteiger partial charge in [-0.1, -0.05) is 6.92 Å². The van der Waals surface area contributed by atoms with Gasteiger partial charge in [0.25, 0.3) is 0 Å². The van der Waals surface area contributed by atoms with Gasteiger partial charge in [0.05, 0.1) is 12.1 Å². The first-order valence-corrected chi connectivity index (χ1v) is 6.02. The minimum absolute atomic E-state index is 0.0154. The fourth-order valence-corrected chi connectivity index (χ4v) is 2.15. The maximum Gasteiger partial charge on any atom is 0.401 e. The molecule has 1 rings (SSSR count). The van der Waals surface area contributed by atoms with E-state index in [1.807, 2.05) is 6.92 Å². The number of halogens is 3. The predicted octanol–water partition coefficient (Wildman–Crippen LogP) is 1.36. The van der Waals surface area contributed by atoms with Gasteiger partial charge in [-0.3, -0.25) is 4.90 Å². The van der Waals surface area contributed by atoms with Gasteiger partial charge < -0.3 is 10.8 Å². The summed E-state index contributed by atoms with van der Waals surface area (Å²) in [5.41, 5.74) is 4.35. The molecule has 0 aromatic carbocycles. The molecular weight excluding hydrogens is 233 g/mol. The van der Waals surface area contributed by atoms with Crippen LogP contribution in [0.3, 0.4) is 0 Å². The summed E-state index contributed by atoms with van der Waals surface area (Å²) in [5.74, 6) is 0.0695. The van der Waals surface area contributed by atoms with Crippen LogP contribution in [0.5, 0.6) is 0 Å². The lowest BCUT2D eigenvalue weighted by Crippen LogP contribution is -2.52. The number of rotatable bonds is 7. The molecule has 0 heterocycles.